The fraction of sp³-hybridized carbons (Fsp3) is 0.636. The third-order valence-corrected chi connectivity index (χ3v) is 3.66. The molecule has 2 rings (SSSR count). The van der Waals surface area contributed by atoms with Crippen LogP contribution in [0, 0.1) is 5.92 Å². The van der Waals surface area contributed by atoms with Gasteiger partial charge in [-0.2, -0.15) is 0 Å². The molecule has 4 nitrogen and oxygen atoms in total. The number of hydrogen-bond acceptors (Lipinski definition) is 4. The average Bonchev–Trinajstić information content (AvgIpc) is 2.68. The van der Waals surface area contributed by atoms with E-state index in [1.54, 1.807) is 0 Å². The molecular weight excluding hydrogens is 224 g/mol. The first-order valence-corrected chi connectivity index (χ1v) is 5.96. The second kappa shape index (κ2) is 4.45. The summed E-state index contributed by atoms with van der Waals surface area (Å²) in [7, 11) is 2.03. The molecule has 2 N–H and O–H groups in total. The van der Waals surface area contributed by atoms with Gasteiger partial charge in [-0.15, -0.1) is 0 Å². The van der Waals surface area contributed by atoms with Crippen LogP contribution in [-0.4, -0.2) is 23.1 Å². The van der Waals surface area contributed by atoms with E-state index >= 15 is 0 Å². The van der Waals surface area contributed by atoms with Crippen molar-refractivity contribution in [2.45, 2.75) is 32.2 Å². The third kappa shape index (κ3) is 2.07. The lowest BCUT2D eigenvalue weighted by atomic mass is 10.1. The zero-order valence-corrected chi connectivity index (χ0v) is 10.4. The van der Waals surface area contributed by atoms with Crippen LogP contribution in [0.2, 0.25) is 5.15 Å². The second-order valence-electron chi connectivity index (χ2n) is 4.58. The molecule has 0 aromatic carbocycles. The van der Waals surface area contributed by atoms with Gasteiger partial charge in [-0.25, -0.2) is 9.97 Å². The quantitative estimate of drug-likeness (QED) is 0.807. The fourth-order valence-corrected chi connectivity index (χ4v) is 2.48. The zero-order chi connectivity index (χ0) is 11.7. The van der Waals surface area contributed by atoms with Crippen molar-refractivity contribution in [1.29, 1.82) is 0 Å². The summed E-state index contributed by atoms with van der Waals surface area (Å²) in [6.45, 7) is 2.28. The maximum atomic E-state index is 5.89. The first kappa shape index (κ1) is 11.5. The Morgan fingerprint density at radius 3 is 2.81 bits per heavy atom. The molecule has 1 fully saturated rings. The number of nitrogens with zero attached hydrogens (tertiary/aromatic N) is 3. The molecule has 16 heavy (non-hydrogen) atoms. The van der Waals surface area contributed by atoms with Gasteiger partial charge >= 0.3 is 0 Å². The molecule has 1 aliphatic carbocycles. The maximum absolute atomic E-state index is 5.89. The number of anilines is 2. The van der Waals surface area contributed by atoms with Gasteiger partial charge in [0.15, 0.2) is 11.0 Å². The van der Waals surface area contributed by atoms with E-state index in [9.17, 15) is 0 Å². The second-order valence-corrected chi connectivity index (χ2v) is 4.94. The normalized spacial score (nSPS) is 24.7. The van der Waals surface area contributed by atoms with E-state index in [0.29, 0.717) is 16.9 Å². The van der Waals surface area contributed by atoms with Crippen LogP contribution in [0.15, 0.2) is 6.33 Å². The van der Waals surface area contributed by atoms with Crippen molar-refractivity contribution in [3.05, 3.63) is 11.5 Å². The Morgan fingerprint density at radius 2 is 2.19 bits per heavy atom. The van der Waals surface area contributed by atoms with Crippen molar-refractivity contribution in [3.8, 4) is 0 Å². The smallest absolute Gasteiger partial charge is 0.157 e. The van der Waals surface area contributed by atoms with Gasteiger partial charge in [-0.1, -0.05) is 18.5 Å². The molecule has 0 amide bonds. The van der Waals surface area contributed by atoms with Crippen LogP contribution in [0.1, 0.15) is 26.2 Å². The Hall–Kier alpha value is -1.03. The minimum Gasteiger partial charge on any atom is -0.393 e. The number of nitrogen functional groups attached to an aromatic ring is 1. The van der Waals surface area contributed by atoms with E-state index < -0.39 is 0 Å². The van der Waals surface area contributed by atoms with Crippen molar-refractivity contribution >= 4 is 23.1 Å². The highest BCUT2D eigenvalue weighted by Crippen LogP contribution is 2.33. The van der Waals surface area contributed by atoms with E-state index in [4.69, 9.17) is 17.3 Å². The first-order chi connectivity index (χ1) is 7.59. The summed E-state index contributed by atoms with van der Waals surface area (Å²) in [6.07, 6.45) is 5.12. The van der Waals surface area contributed by atoms with E-state index in [1.165, 1.54) is 25.6 Å². The minimum absolute atomic E-state index is 0.336. The molecule has 1 aromatic heterocycles. The standard InChI is InChI=1S/C11H17ClN4/c1-7-3-4-8(5-7)16(2)11-9(13)10(12)14-6-15-11/h6-8H,3-5,13H2,1-2H3. The van der Waals surface area contributed by atoms with Gasteiger partial charge in [0.2, 0.25) is 0 Å². The summed E-state index contributed by atoms with van der Waals surface area (Å²) in [5, 5.41) is 0.336. The van der Waals surface area contributed by atoms with Gasteiger partial charge in [0.05, 0.1) is 0 Å². The zero-order valence-electron chi connectivity index (χ0n) is 9.65. The van der Waals surface area contributed by atoms with Crippen molar-refractivity contribution in [1.82, 2.24) is 9.97 Å². The molecule has 5 heteroatoms. The fourth-order valence-electron chi connectivity index (χ4n) is 2.35. The molecule has 0 radical (unpaired) electrons. The highest BCUT2D eigenvalue weighted by atomic mass is 35.5. The van der Waals surface area contributed by atoms with Gasteiger partial charge in [0.1, 0.15) is 12.0 Å². The van der Waals surface area contributed by atoms with Crippen LogP contribution in [0.25, 0.3) is 0 Å². The van der Waals surface area contributed by atoms with Gasteiger partial charge in [-0.05, 0) is 25.2 Å². The lowest BCUT2D eigenvalue weighted by Gasteiger charge is -2.26. The minimum atomic E-state index is 0.336. The van der Waals surface area contributed by atoms with Crippen LogP contribution < -0.4 is 10.6 Å². The monoisotopic (exact) mass is 240 g/mol. The number of aromatic nitrogens is 2. The van der Waals surface area contributed by atoms with Gasteiger partial charge in [-0.3, -0.25) is 0 Å². The highest BCUT2D eigenvalue weighted by Gasteiger charge is 2.26. The molecule has 0 saturated heterocycles. The predicted octanol–water partition coefficient (Wildman–Crippen LogP) is 2.34. The molecule has 1 heterocycles. The van der Waals surface area contributed by atoms with E-state index in [2.05, 4.69) is 21.8 Å². The van der Waals surface area contributed by atoms with Crippen molar-refractivity contribution in [2.24, 2.45) is 5.92 Å². The van der Waals surface area contributed by atoms with E-state index in [1.807, 2.05) is 7.05 Å². The molecule has 2 unspecified atom stereocenters. The third-order valence-electron chi connectivity index (χ3n) is 3.36. The number of nitrogens with two attached hydrogens (primary N) is 1. The molecular formula is C11H17ClN4. The Labute approximate surface area is 101 Å². The summed E-state index contributed by atoms with van der Waals surface area (Å²) in [6, 6.07) is 0.517. The summed E-state index contributed by atoms with van der Waals surface area (Å²) in [4.78, 5) is 10.2. The largest absolute Gasteiger partial charge is 0.393 e. The lowest BCUT2D eigenvalue weighted by molar-refractivity contribution is 0.579. The average molecular weight is 241 g/mol. The predicted molar refractivity (Wildman–Crippen MR) is 66.7 cm³/mol. The van der Waals surface area contributed by atoms with E-state index in [-0.39, 0.29) is 0 Å². The molecule has 88 valence electrons. The number of hydrogen-bond donors (Lipinski definition) is 1. The SMILES string of the molecule is CC1CCC(N(C)c2ncnc(Cl)c2N)C1. The van der Waals surface area contributed by atoms with Crippen LogP contribution >= 0.6 is 11.6 Å². The van der Waals surface area contributed by atoms with Crippen LogP contribution in [0.4, 0.5) is 11.5 Å². The van der Waals surface area contributed by atoms with E-state index in [0.717, 1.165) is 11.7 Å². The molecule has 0 spiro atoms. The van der Waals surface area contributed by atoms with Crippen molar-refractivity contribution in [3.63, 3.8) is 0 Å². The summed E-state index contributed by atoms with van der Waals surface area (Å²) < 4.78 is 0. The maximum Gasteiger partial charge on any atom is 0.157 e. The first-order valence-electron chi connectivity index (χ1n) is 5.58. The Bertz CT molecular complexity index is 382. The molecule has 2 atom stereocenters. The van der Waals surface area contributed by atoms with Crippen LogP contribution in [0.5, 0.6) is 0 Å². The van der Waals surface area contributed by atoms with Gasteiger partial charge in [0.25, 0.3) is 0 Å². The molecule has 0 bridgehead atoms. The lowest BCUT2D eigenvalue weighted by Crippen LogP contribution is -2.30. The van der Waals surface area contributed by atoms with Crippen molar-refractivity contribution < 1.29 is 0 Å². The summed E-state index contributed by atoms with van der Waals surface area (Å²) >= 11 is 5.89. The number of rotatable bonds is 2. The molecule has 1 saturated carbocycles. The van der Waals surface area contributed by atoms with Crippen LogP contribution in [-0.2, 0) is 0 Å². The Balaban J connectivity index is 2.20. The Kier molecular flexibility index (Phi) is 3.19. The highest BCUT2D eigenvalue weighted by molar-refractivity contribution is 6.32. The van der Waals surface area contributed by atoms with Crippen LogP contribution in [0.3, 0.4) is 0 Å². The molecule has 1 aromatic rings. The summed E-state index contributed by atoms with van der Waals surface area (Å²) in [5.74, 6) is 1.53. The van der Waals surface area contributed by atoms with Gasteiger partial charge in [0, 0.05) is 13.1 Å². The number of halogens is 1. The molecule has 1 aliphatic rings. The van der Waals surface area contributed by atoms with Crippen molar-refractivity contribution in [2.75, 3.05) is 17.7 Å². The Morgan fingerprint density at radius 1 is 1.44 bits per heavy atom. The summed E-state index contributed by atoms with van der Waals surface area (Å²) in [5.41, 5.74) is 6.37. The molecule has 0 aliphatic heterocycles. The van der Waals surface area contributed by atoms with Gasteiger partial charge < -0.3 is 10.6 Å². The topological polar surface area (TPSA) is 55.0 Å².